The van der Waals surface area contributed by atoms with Gasteiger partial charge in [0.1, 0.15) is 23.5 Å². The number of halogens is 1. The Morgan fingerprint density at radius 1 is 1.40 bits per heavy atom. The van der Waals surface area contributed by atoms with Crippen molar-refractivity contribution >= 4 is 23.5 Å². The molecular weight excluding hydrogens is 327 g/mol. The van der Waals surface area contributed by atoms with Crippen LogP contribution in [0.3, 0.4) is 0 Å². The lowest BCUT2D eigenvalue weighted by Crippen LogP contribution is -2.48. The molecule has 1 spiro atoms. The minimum Gasteiger partial charge on any atom is -0.324 e. The van der Waals surface area contributed by atoms with Crippen LogP contribution in [0.4, 0.5) is 14.9 Å². The molecule has 2 aliphatic rings. The van der Waals surface area contributed by atoms with Crippen molar-refractivity contribution in [3.63, 3.8) is 0 Å². The van der Waals surface area contributed by atoms with Gasteiger partial charge in [0.25, 0.3) is 5.91 Å². The van der Waals surface area contributed by atoms with Gasteiger partial charge in [0, 0.05) is 5.69 Å². The van der Waals surface area contributed by atoms with Crippen LogP contribution in [0.5, 0.6) is 0 Å². The first-order chi connectivity index (χ1) is 11.9. The maximum atomic E-state index is 13.3. The van der Waals surface area contributed by atoms with Crippen LogP contribution in [0.2, 0.25) is 0 Å². The smallest absolute Gasteiger partial charge is 0.324 e. The van der Waals surface area contributed by atoms with Gasteiger partial charge in [-0.25, -0.2) is 14.1 Å². The molecule has 1 saturated carbocycles. The molecule has 1 aliphatic carbocycles. The molecule has 3 rings (SSSR count). The van der Waals surface area contributed by atoms with E-state index in [1.54, 1.807) is 6.07 Å². The summed E-state index contributed by atoms with van der Waals surface area (Å²) in [5, 5.41) is 14.1. The van der Waals surface area contributed by atoms with Crippen LogP contribution in [-0.4, -0.2) is 34.3 Å². The Hall–Kier alpha value is -2.95. The fraction of sp³-hybridized carbons (Fsp3) is 0.412. The number of anilines is 1. The quantitative estimate of drug-likeness (QED) is 0.817. The normalized spacial score (nSPS) is 19.6. The van der Waals surface area contributed by atoms with Crippen LogP contribution in [-0.2, 0) is 9.59 Å². The molecule has 4 amide bonds. The van der Waals surface area contributed by atoms with Gasteiger partial charge in [-0.1, -0.05) is 12.8 Å². The van der Waals surface area contributed by atoms with Crippen molar-refractivity contribution in [3.05, 3.63) is 29.6 Å². The second-order valence-electron chi connectivity index (χ2n) is 6.37. The number of imide groups is 1. The van der Waals surface area contributed by atoms with Crippen molar-refractivity contribution in [1.82, 2.24) is 10.2 Å². The molecule has 2 N–H and O–H groups in total. The minimum absolute atomic E-state index is 0.203. The summed E-state index contributed by atoms with van der Waals surface area (Å²) in [5.41, 5.74) is -0.863. The third kappa shape index (κ3) is 2.82. The fourth-order valence-corrected chi connectivity index (χ4v) is 3.36. The van der Waals surface area contributed by atoms with E-state index in [4.69, 9.17) is 5.26 Å². The fourth-order valence-electron chi connectivity index (χ4n) is 3.36. The molecule has 2 fully saturated rings. The van der Waals surface area contributed by atoms with E-state index in [-0.39, 0.29) is 17.2 Å². The second-order valence-corrected chi connectivity index (χ2v) is 6.37. The van der Waals surface area contributed by atoms with Crippen molar-refractivity contribution in [2.45, 2.75) is 44.2 Å². The number of amides is 4. The summed E-state index contributed by atoms with van der Waals surface area (Å²) in [4.78, 5) is 38.2. The Balaban J connectivity index is 1.75. The van der Waals surface area contributed by atoms with E-state index in [1.165, 1.54) is 19.1 Å². The molecule has 130 valence electrons. The second kappa shape index (κ2) is 6.16. The molecule has 25 heavy (non-hydrogen) atoms. The van der Waals surface area contributed by atoms with Crippen molar-refractivity contribution in [2.24, 2.45) is 0 Å². The van der Waals surface area contributed by atoms with Gasteiger partial charge in [0.15, 0.2) is 0 Å². The zero-order valence-electron chi connectivity index (χ0n) is 13.6. The maximum absolute atomic E-state index is 13.3. The number of carbonyl (C=O) groups excluding carboxylic acids is 3. The topological polar surface area (TPSA) is 102 Å². The van der Waals surface area contributed by atoms with Gasteiger partial charge in [-0.3, -0.25) is 9.59 Å². The number of nitriles is 1. The summed E-state index contributed by atoms with van der Waals surface area (Å²) in [6.07, 6.45) is 2.86. The minimum atomic E-state index is -1.02. The highest BCUT2D eigenvalue weighted by atomic mass is 19.1. The van der Waals surface area contributed by atoms with Crippen LogP contribution in [0.1, 0.15) is 38.2 Å². The number of urea groups is 1. The van der Waals surface area contributed by atoms with Crippen molar-refractivity contribution < 1.29 is 18.8 Å². The average molecular weight is 344 g/mol. The van der Waals surface area contributed by atoms with Gasteiger partial charge in [0.2, 0.25) is 5.91 Å². The van der Waals surface area contributed by atoms with E-state index in [2.05, 4.69) is 10.6 Å². The molecule has 1 saturated heterocycles. The largest absolute Gasteiger partial charge is 0.325 e. The number of carbonyl (C=O) groups is 3. The Morgan fingerprint density at radius 3 is 2.72 bits per heavy atom. The molecule has 8 heteroatoms. The molecular formula is C17H17FN4O3. The number of nitrogens with zero attached hydrogens (tertiary/aromatic N) is 2. The molecule has 1 atom stereocenters. The SMILES string of the molecule is CC(C(=O)Nc1ccc(F)c(C#N)c1)N1C(=O)NC2(CCCC2)C1=O. The maximum Gasteiger partial charge on any atom is 0.325 e. The van der Waals surface area contributed by atoms with Crippen molar-refractivity contribution in [3.8, 4) is 6.07 Å². The summed E-state index contributed by atoms with van der Waals surface area (Å²) in [6, 6.07) is 3.66. The zero-order chi connectivity index (χ0) is 18.2. The first kappa shape index (κ1) is 16.9. The standard InChI is InChI=1S/C17H17FN4O3/c1-10(14(23)20-12-4-5-13(18)11(8-12)9-19)22-15(24)17(21-16(22)25)6-2-3-7-17/h4-5,8,10H,2-3,6-7H2,1H3,(H,20,23)(H,21,25). The highest BCUT2D eigenvalue weighted by Crippen LogP contribution is 2.35. The highest BCUT2D eigenvalue weighted by molar-refractivity contribution is 6.11. The number of nitrogens with one attached hydrogen (secondary N) is 2. The van der Waals surface area contributed by atoms with Crippen molar-refractivity contribution in [2.75, 3.05) is 5.32 Å². The summed E-state index contributed by atoms with van der Waals surface area (Å²) in [7, 11) is 0. The summed E-state index contributed by atoms with van der Waals surface area (Å²) < 4.78 is 13.3. The number of hydrogen-bond acceptors (Lipinski definition) is 4. The van der Waals surface area contributed by atoms with Gasteiger partial charge < -0.3 is 10.6 Å². The molecule has 1 aromatic rings. The van der Waals surface area contributed by atoms with E-state index >= 15 is 0 Å². The van der Waals surface area contributed by atoms with E-state index in [0.717, 1.165) is 23.8 Å². The lowest BCUT2D eigenvalue weighted by Gasteiger charge is -2.23. The van der Waals surface area contributed by atoms with Gasteiger partial charge in [0.05, 0.1) is 5.56 Å². The summed E-state index contributed by atoms with van der Waals surface area (Å²) in [6.45, 7) is 1.45. The zero-order valence-corrected chi connectivity index (χ0v) is 13.6. The van der Waals surface area contributed by atoms with E-state index in [0.29, 0.717) is 12.8 Å². The molecule has 1 aromatic carbocycles. The predicted octanol–water partition coefficient (Wildman–Crippen LogP) is 1.89. The Kier molecular flexibility index (Phi) is 4.17. The van der Waals surface area contributed by atoms with E-state index in [1.807, 2.05) is 0 Å². The number of hydrogen-bond donors (Lipinski definition) is 2. The lowest BCUT2D eigenvalue weighted by atomic mass is 9.97. The van der Waals surface area contributed by atoms with Crippen molar-refractivity contribution in [1.29, 1.82) is 5.26 Å². The predicted molar refractivity (Wildman–Crippen MR) is 85.8 cm³/mol. The average Bonchev–Trinajstić information content (AvgIpc) is 3.14. The molecule has 7 nitrogen and oxygen atoms in total. The number of benzene rings is 1. The van der Waals surface area contributed by atoms with Crippen LogP contribution >= 0.6 is 0 Å². The monoisotopic (exact) mass is 344 g/mol. The first-order valence-electron chi connectivity index (χ1n) is 8.04. The third-order valence-electron chi connectivity index (χ3n) is 4.77. The van der Waals surface area contributed by atoms with Gasteiger partial charge in [-0.2, -0.15) is 5.26 Å². The number of rotatable bonds is 3. The third-order valence-corrected chi connectivity index (χ3v) is 4.77. The molecule has 0 radical (unpaired) electrons. The molecule has 0 bridgehead atoms. The molecule has 1 aliphatic heterocycles. The van der Waals surface area contributed by atoms with Crippen LogP contribution in [0, 0.1) is 17.1 Å². The first-order valence-corrected chi connectivity index (χ1v) is 8.04. The van der Waals surface area contributed by atoms with Gasteiger partial charge in [-0.05, 0) is 38.0 Å². The Bertz CT molecular complexity index is 796. The Labute approximate surface area is 143 Å². The molecule has 0 aromatic heterocycles. The molecule has 1 heterocycles. The van der Waals surface area contributed by atoms with Crippen LogP contribution in [0.25, 0.3) is 0 Å². The molecule has 1 unspecified atom stereocenters. The van der Waals surface area contributed by atoms with Crippen LogP contribution < -0.4 is 10.6 Å². The van der Waals surface area contributed by atoms with Gasteiger partial charge in [-0.15, -0.1) is 0 Å². The summed E-state index contributed by atoms with van der Waals surface area (Å²) in [5.74, 6) is -1.66. The van der Waals surface area contributed by atoms with Gasteiger partial charge >= 0.3 is 6.03 Å². The Morgan fingerprint density at radius 2 is 2.08 bits per heavy atom. The van der Waals surface area contributed by atoms with Crippen LogP contribution in [0.15, 0.2) is 18.2 Å². The lowest BCUT2D eigenvalue weighted by molar-refractivity contribution is -0.136. The van der Waals surface area contributed by atoms with E-state index in [9.17, 15) is 18.8 Å². The van der Waals surface area contributed by atoms with E-state index < -0.39 is 29.3 Å². The highest BCUT2D eigenvalue weighted by Gasteiger charge is 2.54. The summed E-state index contributed by atoms with van der Waals surface area (Å²) >= 11 is 0.